The number of nitrogens with one attached hydrogen (secondary N) is 1. The predicted octanol–water partition coefficient (Wildman–Crippen LogP) is 7.45. The Morgan fingerprint density at radius 1 is 0.766 bits per heavy atom. The number of benzene rings is 5. The van der Waals surface area contributed by atoms with E-state index >= 15 is 0 Å². The number of amides is 1. The summed E-state index contributed by atoms with van der Waals surface area (Å²) in [5.74, 6) is -0.0113. The van der Waals surface area contributed by atoms with Crippen LogP contribution in [0, 0.1) is 0 Å². The fourth-order valence-electron chi connectivity index (χ4n) is 5.49. The van der Waals surface area contributed by atoms with Crippen LogP contribution in [0.15, 0.2) is 126 Å². The van der Waals surface area contributed by atoms with E-state index in [-0.39, 0.29) is 43.5 Å². The van der Waals surface area contributed by atoms with Crippen molar-refractivity contribution in [2.75, 3.05) is 30.3 Å². The molecule has 0 spiro atoms. The summed E-state index contributed by atoms with van der Waals surface area (Å²) in [4.78, 5) is 32.2. The minimum atomic E-state index is -3.70. The molecule has 238 valence electrons. The maximum absolute atomic E-state index is 13.7. The van der Waals surface area contributed by atoms with Crippen LogP contribution in [-0.2, 0) is 16.6 Å². The van der Waals surface area contributed by atoms with Crippen LogP contribution in [0.5, 0.6) is 5.75 Å². The van der Waals surface area contributed by atoms with E-state index in [1.807, 2.05) is 72.8 Å². The first-order valence-electron chi connectivity index (χ1n) is 15.0. The fraction of sp³-hybridized carbons (Fsp3) is 0.135. The molecule has 0 fully saturated rings. The van der Waals surface area contributed by atoms with Crippen molar-refractivity contribution in [3.8, 4) is 5.75 Å². The quantitative estimate of drug-likeness (QED) is 0.133. The zero-order chi connectivity index (χ0) is 33.0. The smallest absolute Gasteiger partial charge is 0.254 e. The molecule has 5 aromatic carbocycles. The van der Waals surface area contributed by atoms with Crippen LogP contribution in [0.3, 0.4) is 0 Å². The van der Waals surface area contributed by atoms with Crippen LogP contribution < -0.4 is 9.04 Å². The molecule has 1 heterocycles. The van der Waals surface area contributed by atoms with Crippen LogP contribution in [0.4, 0.5) is 5.69 Å². The number of halogens is 1. The third-order valence-electron chi connectivity index (χ3n) is 7.86. The van der Waals surface area contributed by atoms with Crippen LogP contribution in [0.1, 0.15) is 26.3 Å². The summed E-state index contributed by atoms with van der Waals surface area (Å²) in [7, 11) is -3.70. The van der Waals surface area contributed by atoms with Gasteiger partial charge in [0.2, 0.25) is 10.0 Å². The van der Waals surface area contributed by atoms with Gasteiger partial charge < -0.3 is 14.6 Å². The number of fused-ring (bicyclic) bond motifs is 3. The molecule has 0 bridgehead atoms. The second kappa shape index (κ2) is 13.8. The lowest BCUT2D eigenvalue weighted by Gasteiger charge is -2.25. The number of hydrogen-bond donors (Lipinski definition) is 1. The summed E-state index contributed by atoms with van der Waals surface area (Å²) in [5.41, 5.74) is 3.83. The number of Topliss-reactive ketones (excluding diaryl/α,β-unsaturated/α-hetero) is 1. The van der Waals surface area contributed by atoms with Gasteiger partial charge in [0.25, 0.3) is 5.91 Å². The molecule has 0 aliphatic heterocycles. The zero-order valence-electron chi connectivity index (χ0n) is 25.6. The molecule has 0 saturated carbocycles. The third kappa shape index (κ3) is 7.40. The molecule has 47 heavy (non-hydrogen) atoms. The van der Waals surface area contributed by atoms with Gasteiger partial charge in [-0.25, -0.2) is 8.42 Å². The van der Waals surface area contributed by atoms with E-state index in [9.17, 15) is 18.0 Å². The van der Waals surface area contributed by atoms with Crippen molar-refractivity contribution >= 4 is 65.1 Å². The van der Waals surface area contributed by atoms with Gasteiger partial charge in [-0.2, -0.15) is 0 Å². The molecule has 0 atom stereocenters. The molecular weight excluding hydrogens is 678 g/mol. The molecule has 1 aromatic heterocycles. The highest BCUT2D eigenvalue weighted by Gasteiger charge is 2.24. The van der Waals surface area contributed by atoms with E-state index in [1.54, 1.807) is 42.5 Å². The number of H-pyrrole nitrogens is 1. The third-order valence-corrected chi connectivity index (χ3v) is 9.65. The number of para-hydroxylation sites is 1. The predicted molar refractivity (Wildman–Crippen MR) is 190 cm³/mol. The minimum Gasteiger partial charge on any atom is -0.492 e. The molecule has 1 amide bonds. The molecule has 1 N–H and O–H groups in total. The number of anilines is 1. The number of carbonyl (C=O) groups excluding carboxylic acids is 2. The number of aromatic nitrogens is 1. The first-order chi connectivity index (χ1) is 22.7. The van der Waals surface area contributed by atoms with Crippen molar-refractivity contribution in [3.63, 3.8) is 0 Å². The van der Waals surface area contributed by atoms with Crippen LogP contribution >= 0.6 is 15.9 Å². The summed E-state index contributed by atoms with van der Waals surface area (Å²) in [5, 5.41) is 2.22. The van der Waals surface area contributed by atoms with Gasteiger partial charge in [-0.15, -0.1) is 0 Å². The van der Waals surface area contributed by atoms with Crippen molar-refractivity contribution in [1.29, 1.82) is 0 Å². The summed E-state index contributed by atoms with van der Waals surface area (Å²) < 4.78 is 33.6. The van der Waals surface area contributed by atoms with Gasteiger partial charge in [0.15, 0.2) is 5.78 Å². The Hall–Kier alpha value is -4.93. The molecule has 10 heteroatoms. The Labute approximate surface area is 281 Å². The largest absolute Gasteiger partial charge is 0.492 e. The van der Waals surface area contributed by atoms with Gasteiger partial charge in [0.1, 0.15) is 12.4 Å². The van der Waals surface area contributed by atoms with Crippen molar-refractivity contribution in [1.82, 2.24) is 9.88 Å². The average Bonchev–Trinajstić information content (AvgIpc) is 3.45. The molecule has 0 saturated heterocycles. The van der Waals surface area contributed by atoms with Gasteiger partial charge in [-0.05, 0) is 64.0 Å². The monoisotopic (exact) mass is 709 g/mol. The van der Waals surface area contributed by atoms with Crippen molar-refractivity contribution in [3.05, 3.63) is 142 Å². The second-order valence-electron chi connectivity index (χ2n) is 11.2. The second-order valence-corrected chi connectivity index (χ2v) is 13.9. The Morgan fingerprint density at radius 3 is 2.19 bits per heavy atom. The maximum Gasteiger partial charge on any atom is 0.254 e. The molecule has 0 unspecified atom stereocenters. The summed E-state index contributed by atoms with van der Waals surface area (Å²) >= 11 is 3.47. The van der Waals surface area contributed by atoms with Crippen molar-refractivity contribution in [2.24, 2.45) is 0 Å². The van der Waals surface area contributed by atoms with E-state index in [4.69, 9.17) is 4.74 Å². The summed E-state index contributed by atoms with van der Waals surface area (Å²) in [6, 6.07) is 36.7. The highest BCUT2D eigenvalue weighted by atomic mass is 79.9. The highest BCUT2D eigenvalue weighted by molar-refractivity contribution is 9.10. The summed E-state index contributed by atoms with van der Waals surface area (Å²) in [6.45, 7) is 0.173. The Bertz CT molecular complexity index is 2170. The Balaban J connectivity index is 1.22. The van der Waals surface area contributed by atoms with E-state index in [2.05, 4.69) is 27.0 Å². The fourth-order valence-corrected chi connectivity index (χ4v) is 6.96. The van der Waals surface area contributed by atoms with E-state index in [0.29, 0.717) is 21.5 Å². The lowest BCUT2D eigenvalue weighted by Crippen LogP contribution is -2.38. The van der Waals surface area contributed by atoms with Gasteiger partial charge >= 0.3 is 0 Å². The maximum atomic E-state index is 13.7. The average molecular weight is 711 g/mol. The SMILES string of the molecule is CS(=O)(=O)N(Cc1ccccc1)c1cc(C(=O)CN(CCOc2ccc3c(c2)[nH]c2ccccc23)C(=O)c2ccccc2)ccc1Br. The number of hydrogen-bond acceptors (Lipinski definition) is 5. The molecule has 0 radical (unpaired) electrons. The van der Waals surface area contributed by atoms with Crippen LogP contribution in [-0.4, -0.2) is 55.9 Å². The first-order valence-corrected chi connectivity index (χ1v) is 17.6. The molecule has 0 aliphatic carbocycles. The molecular formula is C37H32BrN3O5S. The topological polar surface area (TPSA) is 99.8 Å². The van der Waals surface area contributed by atoms with Gasteiger partial charge in [0.05, 0.1) is 37.1 Å². The number of sulfonamides is 1. The van der Waals surface area contributed by atoms with E-state index < -0.39 is 10.0 Å². The van der Waals surface area contributed by atoms with E-state index in [0.717, 1.165) is 33.6 Å². The van der Waals surface area contributed by atoms with Gasteiger partial charge in [0, 0.05) is 38.0 Å². The van der Waals surface area contributed by atoms with Crippen molar-refractivity contribution < 1.29 is 22.7 Å². The normalized spacial score (nSPS) is 11.4. The zero-order valence-corrected chi connectivity index (χ0v) is 28.0. The highest BCUT2D eigenvalue weighted by Crippen LogP contribution is 2.31. The number of rotatable bonds is 12. The van der Waals surface area contributed by atoms with Crippen LogP contribution in [0.25, 0.3) is 21.8 Å². The molecule has 6 rings (SSSR count). The lowest BCUT2D eigenvalue weighted by atomic mass is 10.1. The number of ether oxygens (including phenoxy) is 1. The van der Waals surface area contributed by atoms with Gasteiger partial charge in [-0.3, -0.25) is 13.9 Å². The number of aromatic amines is 1. The van der Waals surface area contributed by atoms with Crippen molar-refractivity contribution in [2.45, 2.75) is 6.54 Å². The number of ketones is 1. The minimum absolute atomic E-state index is 0.0934. The molecule has 8 nitrogen and oxygen atoms in total. The molecule has 6 aromatic rings. The van der Waals surface area contributed by atoms with Gasteiger partial charge in [-0.1, -0.05) is 72.8 Å². The summed E-state index contributed by atoms with van der Waals surface area (Å²) in [6.07, 6.45) is 1.13. The first kappa shape index (κ1) is 32.0. The standard InChI is InChI=1S/C37H32BrN3O5S/c1-47(44,45)41(24-26-10-4-2-5-11-26)35-22-28(16-19-32(35)38)36(42)25-40(37(43)27-12-6-3-7-13-27)20-21-46-29-17-18-31-30-14-8-9-15-33(30)39-34(31)23-29/h2-19,22-23,39H,20-21,24-25H2,1H3. The lowest BCUT2D eigenvalue weighted by molar-refractivity contribution is 0.0686. The number of carbonyl (C=O) groups is 2. The number of nitrogens with zero attached hydrogens (tertiary/aromatic N) is 2. The Kier molecular flexibility index (Phi) is 9.42. The van der Waals surface area contributed by atoms with Crippen LogP contribution in [0.2, 0.25) is 0 Å². The Morgan fingerprint density at radius 2 is 1.45 bits per heavy atom. The molecule has 0 aliphatic rings. The van der Waals surface area contributed by atoms with E-state index in [1.165, 1.54) is 9.21 Å².